The highest BCUT2D eigenvalue weighted by molar-refractivity contribution is 6.00. The lowest BCUT2D eigenvalue weighted by atomic mass is 9.90. The molecule has 1 aromatic heterocycles. The number of rotatable bonds is 5. The highest BCUT2D eigenvalue weighted by atomic mass is 16.5. The van der Waals surface area contributed by atoms with E-state index in [1.807, 2.05) is 0 Å². The molecule has 0 aliphatic heterocycles. The molecule has 0 bridgehead atoms. The standard InChI is InChI=1S/C17H23N3O3/c1-17(2,3)7-6-15(21)20-16-11-8-13(22-4)14(23-5)9-12(11)18-10-19-16/h8-10H,6-7H2,1-5H3,(H,18,19,20,21). The van der Waals surface area contributed by atoms with E-state index in [-0.39, 0.29) is 11.3 Å². The van der Waals surface area contributed by atoms with Gasteiger partial charge in [-0.2, -0.15) is 0 Å². The Bertz CT molecular complexity index is 708. The van der Waals surface area contributed by atoms with Crippen LogP contribution in [0.1, 0.15) is 33.6 Å². The molecule has 1 N–H and O–H groups in total. The van der Waals surface area contributed by atoms with Gasteiger partial charge in [0.15, 0.2) is 11.5 Å². The number of benzene rings is 1. The SMILES string of the molecule is COc1cc2ncnc(NC(=O)CCC(C)(C)C)c2cc1OC. The van der Waals surface area contributed by atoms with Crippen molar-refractivity contribution >= 4 is 22.6 Å². The zero-order valence-corrected chi connectivity index (χ0v) is 14.3. The summed E-state index contributed by atoms with van der Waals surface area (Å²) in [4.78, 5) is 20.6. The van der Waals surface area contributed by atoms with E-state index >= 15 is 0 Å². The summed E-state index contributed by atoms with van der Waals surface area (Å²) in [5.74, 6) is 1.58. The predicted molar refractivity (Wildman–Crippen MR) is 90.0 cm³/mol. The molecule has 0 aliphatic rings. The Morgan fingerprint density at radius 3 is 2.39 bits per heavy atom. The van der Waals surface area contributed by atoms with Crippen molar-refractivity contribution in [2.45, 2.75) is 33.6 Å². The molecule has 0 saturated carbocycles. The Labute approximate surface area is 136 Å². The number of hydrogen-bond acceptors (Lipinski definition) is 5. The maximum atomic E-state index is 12.2. The van der Waals surface area contributed by atoms with Crippen LogP contribution in [-0.2, 0) is 4.79 Å². The van der Waals surface area contributed by atoms with Crippen molar-refractivity contribution in [2.75, 3.05) is 19.5 Å². The lowest BCUT2D eigenvalue weighted by Gasteiger charge is -2.17. The largest absolute Gasteiger partial charge is 0.493 e. The van der Waals surface area contributed by atoms with Crippen molar-refractivity contribution in [3.05, 3.63) is 18.5 Å². The number of anilines is 1. The van der Waals surface area contributed by atoms with E-state index in [9.17, 15) is 4.79 Å². The number of fused-ring (bicyclic) bond motifs is 1. The van der Waals surface area contributed by atoms with Crippen LogP contribution in [0, 0.1) is 5.41 Å². The molecule has 1 aromatic carbocycles. The van der Waals surface area contributed by atoms with Gasteiger partial charge in [0.1, 0.15) is 12.1 Å². The summed E-state index contributed by atoms with van der Waals surface area (Å²) >= 11 is 0. The minimum absolute atomic E-state index is 0.0605. The second-order valence-corrected chi connectivity index (χ2v) is 6.56. The van der Waals surface area contributed by atoms with E-state index in [0.29, 0.717) is 34.6 Å². The van der Waals surface area contributed by atoms with E-state index in [0.717, 1.165) is 6.42 Å². The molecule has 1 amide bonds. The van der Waals surface area contributed by atoms with Gasteiger partial charge in [-0.25, -0.2) is 9.97 Å². The first-order valence-corrected chi connectivity index (χ1v) is 7.50. The number of hydrogen-bond donors (Lipinski definition) is 1. The van der Waals surface area contributed by atoms with Gasteiger partial charge >= 0.3 is 0 Å². The molecule has 0 radical (unpaired) electrons. The smallest absolute Gasteiger partial charge is 0.225 e. The minimum Gasteiger partial charge on any atom is -0.493 e. The van der Waals surface area contributed by atoms with Crippen molar-refractivity contribution in [3.8, 4) is 11.5 Å². The van der Waals surface area contributed by atoms with E-state index in [2.05, 4.69) is 36.1 Å². The van der Waals surface area contributed by atoms with Crippen LogP contribution in [0.3, 0.4) is 0 Å². The van der Waals surface area contributed by atoms with E-state index < -0.39 is 0 Å². The maximum absolute atomic E-state index is 12.2. The Kier molecular flexibility index (Phi) is 5.03. The van der Waals surface area contributed by atoms with Crippen molar-refractivity contribution in [2.24, 2.45) is 5.41 Å². The lowest BCUT2D eigenvalue weighted by molar-refractivity contribution is -0.116. The summed E-state index contributed by atoms with van der Waals surface area (Å²) in [5.41, 5.74) is 0.797. The monoisotopic (exact) mass is 317 g/mol. The predicted octanol–water partition coefficient (Wildman–Crippen LogP) is 3.41. The Balaban J connectivity index is 2.28. The van der Waals surface area contributed by atoms with E-state index in [4.69, 9.17) is 9.47 Å². The van der Waals surface area contributed by atoms with Gasteiger partial charge in [-0.15, -0.1) is 0 Å². The average Bonchev–Trinajstić information content (AvgIpc) is 2.51. The first-order valence-electron chi connectivity index (χ1n) is 7.50. The third kappa shape index (κ3) is 4.31. The Morgan fingerprint density at radius 2 is 1.78 bits per heavy atom. The van der Waals surface area contributed by atoms with Crippen LogP contribution in [0.4, 0.5) is 5.82 Å². The summed E-state index contributed by atoms with van der Waals surface area (Å²) in [6.45, 7) is 6.33. The number of methoxy groups -OCH3 is 2. The van der Waals surface area contributed by atoms with Gasteiger partial charge < -0.3 is 14.8 Å². The molecule has 0 unspecified atom stereocenters. The van der Waals surface area contributed by atoms with Crippen molar-refractivity contribution in [3.63, 3.8) is 0 Å². The molecule has 6 nitrogen and oxygen atoms in total. The fourth-order valence-electron chi connectivity index (χ4n) is 2.17. The topological polar surface area (TPSA) is 73.3 Å². The first-order chi connectivity index (χ1) is 10.8. The fourth-order valence-corrected chi connectivity index (χ4v) is 2.17. The average molecular weight is 317 g/mol. The van der Waals surface area contributed by atoms with Gasteiger partial charge in [0.2, 0.25) is 5.91 Å². The zero-order chi connectivity index (χ0) is 17.0. The van der Waals surface area contributed by atoms with Crippen LogP contribution in [-0.4, -0.2) is 30.1 Å². The molecule has 6 heteroatoms. The van der Waals surface area contributed by atoms with E-state index in [1.165, 1.54) is 6.33 Å². The van der Waals surface area contributed by atoms with Gasteiger partial charge in [-0.1, -0.05) is 20.8 Å². The van der Waals surface area contributed by atoms with Gasteiger partial charge in [-0.3, -0.25) is 4.79 Å². The quantitative estimate of drug-likeness (QED) is 0.914. The van der Waals surface area contributed by atoms with Crippen LogP contribution >= 0.6 is 0 Å². The molecule has 1 heterocycles. The molecule has 0 spiro atoms. The number of carbonyl (C=O) groups excluding carboxylic acids is 1. The van der Waals surface area contributed by atoms with Gasteiger partial charge in [0.05, 0.1) is 19.7 Å². The fraction of sp³-hybridized carbons (Fsp3) is 0.471. The molecule has 2 rings (SSSR count). The highest BCUT2D eigenvalue weighted by Gasteiger charge is 2.15. The molecular weight excluding hydrogens is 294 g/mol. The summed E-state index contributed by atoms with van der Waals surface area (Å²) in [6.07, 6.45) is 2.68. The number of amides is 1. The minimum atomic E-state index is -0.0605. The number of carbonyl (C=O) groups is 1. The van der Waals surface area contributed by atoms with Crippen molar-refractivity contribution < 1.29 is 14.3 Å². The molecule has 23 heavy (non-hydrogen) atoms. The van der Waals surface area contributed by atoms with Crippen LogP contribution in [0.5, 0.6) is 11.5 Å². The molecule has 124 valence electrons. The molecular formula is C17H23N3O3. The Morgan fingerprint density at radius 1 is 1.13 bits per heavy atom. The summed E-state index contributed by atoms with van der Waals surface area (Å²) in [7, 11) is 3.13. The maximum Gasteiger partial charge on any atom is 0.225 e. The van der Waals surface area contributed by atoms with Gasteiger partial charge in [0, 0.05) is 17.9 Å². The zero-order valence-electron chi connectivity index (χ0n) is 14.3. The third-order valence-corrected chi connectivity index (χ3v) is 3.50. The van der Waals surface area contributed by atoms with Gasteiger partial charge in [0.25, 0.3) is 0 Å². The third-order valence-electron chi connectivity index (χ3n) is 3.50. The summed E-state index contributed by atoms with van der Waals surface area (Å²) in [5, 5.41) is 3.58. The molecule has 0 saturated heterocycles. The molecule has 0 atom stereocenters. The Hall–Kier alpha value is -2.37. The number of nitrogens with one attached hydrogen (secondary N) is 1. The van der Waals surface area contributed by atoms with Gasteiger partial charge in [-0.05, 0) is 17.9 Å². The summed E-state index contributed by atoms with van der Waals surface area (Å²) in [6, 6.07) is 3.54. The molecule has 2 aromatic rings. The first kappa shape index (κ1) is 17.0. The van der Waals surface area contributed by atoms with E-state index in [1.54, 1.807) is 26.4 Å². The second-order valence-electron chi connectivity index (χ2n) is 6.56. The van der Waals surface area contributed by atoms with Crippen molar-refractivity contribution in [1.82, 2.24) is 9.97 Å². The lowest BCUT2D eigenvalue weighted by Crippen LogP contribution is -2.16. The highest BCUT2D eigenvalue weighted by Crippen LogP contribution is 2.33. The summed E-state index contributed by atoms with van der Waals surface area (Å²) < 4.78 is 10.6. The van der Waals surface area contributed by atoms with Crippen LogP contribution in [0.2, 0.25) is 0 Å². The second kappa shape index (κ2) is 6.81. The van der Waals surface area contributed by atoms with Crippen molar-refractivity contribution in [1.29, 1.82) is 0 Å². The number of nitrogens with zero attached hydrogens (tertiary/aromatic N) is 2. The number of aromatic nitrogens is 2. The number of ether oxygens (including phenoxy) is 2. The normalized spacial score (nSPS) is 11.3. The molecule has 0 aliphatic carbocycles. The van der Waals surface area contributed by atoms with Crippen LogP contribution in [0.15, 0.2) is 18.5 Å². The van der Waals surface area contributed by atoms with Crippen LogP contribution in [0.25, 0.3) is 10.9 Å². The van der Waals surface area contributed by atoms with Crippen LogP contribution < -0.4 is 14.8 Å². The molecule has 0 fully saturated rings.